The van der Waals surface area contributed by atoms with Crippen LogP contribution in [0, 0.1) is 12.8 Å². The Morgan fingerprint density at radius 3 is 2.84 bits per heavy atom. The summed E-state index contributed by atoms with van der Waals surface area (Å²) >= 11 is 0. The summed E-state index contributed by atoms with van der Waals surface area (Å²) in [6.45, 7) is 9.97. The minimum atomic E-state index is -0.112. The Hall–Kier alpha value is -1.36. The summed E-state index contributed by atoms with van der Waals surface area (Å²) in [5, 5.41) is 6.74. The Balaban J connectivity index is 2.29. The lowest BCUT2D eigenvalue weighted by atomic mass is 10.1. The average molecular weight is 268 g/mol. The fourth-order valence-electron chi connectivity index (χ4n) is 1.73. The van der Waals surface area contributed by atoms with E-state index in [1.54, 1.807) is 6.92 Å². The second kappa shape index (κ2) is 7.94. The quantitative estimate of drug-likeness (QED) is 0.735. The standard InChI is InChI=1S/C14H24N2O3/c1-5-12-13(11(4)19-16-12)14(17)15-7-6-8-18-9-10(2)3/h10H,5-9H2,1-4H3,(H,15,17). The number of aryl methyl sites for hydroxylation is 2. The number of carbonyl (C=O) groups excluding carboxylic acids is 1. The van der Waals surface area contributed by atoms with E-state index in [1.165, 1.54) is 0 Å². The second-order valence-corrected chi connectivity index (χ2v) is 4.99. The lowest BCUT2D eigenvalue weighted by molar-refractivity contribution is 0.0923. The van der Waals surface area contributed by atoms with Crippen molar-refractivity contribution in [2.45, 2.75) is 40.5 Å². The van der Waals surface area contributed by atoms with Crippen LogP contribution in [0.5, 0.6) is 0 Å². The van der Waals surface area contributed by atoms with E-state index >= 15 is 0 Å². The van der Waals surface area contributed by atoms with Crippen LogP contribution in [0.1, 0.15) is 49.0 Å². The number of hydrogen-bond donors (Lipinski definition) is 1. The molecule has 0 saturated carbocycles. The molecule has 19 heavy (non-hydrogen) atoms. The molecule has 1 amide bonds. The largest absolute Gasteiger partial charge is 0.381 e. The van der Waals surface area contributed by atoms with Crippen LogP contribution in [-0.4, -0.2) is 30.8 Å². The number of nitrogens with zero attached hydrogens (tertiary/aromatic N) is 1. The predicted molar refractivity (Wildman–Crippen MR) is 73.2 cm³/mol. The van der Waals surface area contributed by atoms with E-state index in [4.69, 9.17) is 9.26 Å². The van der Waals surface area contributed by atoms with Gasteiger partial charge in [0.15, 0.2) is 0 Å². The van der Waals surface area contributed by atoms with Crippen molar-refractivity contribution in [2.24, 2.45) is 5.92 Å². The molecule has 0 aliphatic heterocycles. The maximum Gasteiger partial charge on any atom is 0.256 e. The number of amides is 1. The van der Waals surface area contributed by atoms with Gasteiger partial charge in [-0.15, -0.1) is 0 Å². The normalized spacial score (nSPS) is 11.0. The second-order valence-electron chi connectivity index (χ2n) is 4.99. The van der Waals surface area contributed by atoms with E-state index < -0.39 is 0 Å². The highest BCUT2D eigenvalue weighted by molar-refractivity contribution is 5.96. The van der Waals surface area contributed by atoms with E-state index in [0.717, 1.165) is 13.0 Å². The molecule has 108 valence electrons. The highest BCUT2D eigenvalue weighted by atomic mass is 16.5. The van der Waals surface area contributed by atoms with Gasteiger partial charge in [0.05, 0.1) is 5.69 Å². The molecule has 5 heteroatoms. The molecule has 0 aliphatic carbocycles. The lowest BCUT2D eigenvalue weighted by Crippen LogP contribution is -2.26. The Morgan fingerprint density at radius 2 is 2.21 bits per heavy atom. The summed E-state index contributed by atoms with van der Waals surface area (Å²) in [5.41, 5.74) is 1.29. The minimum Gasteiger partial charge on any atom is -0.381 e. The highest BCUT2D eigenvalue weighted by Gasteiger charge is 2.18. The van der Waals surface area contributed by atoms with Crippen molar-refractivity contribution >= 4 is 5.91 Å². The Kier molecular flexibility index (Phi) is 6.56. The molecule has 0 atom stereocenters. The highest BCUT2D eigenvalue weighted by Crippen LogP contribution is 2.13. The van der Waals surface area contributed by atoms with Crippen molar-refractivity contribution in [2.75, 3.05) is 19.8 Å². The molecule has 0 aliphatic rings. The monoisotopic (exact) mass is 268 g/mol. The summed E-state index contributed by atoms with van der Waals surface area (Å²) in [6.07, 6.45) is 1.50. The van der Waals surface area contributed by atoms with Crippen molar-refractivity contribution in [1.82, 2.24) is 10.5 Å². The predicted octanol–water partition coefficient (Wildman–Crippen LogP) is 2.34. The van der Waals surface area contributed by atoms with E-state index in [0.29, 0.717) is 42.5 Å². The first kappa shape index (κ1) is 15.7. The molecule has 1 N–H and O–H groups in total. The fourth-order valence-corrected chi connectivity index (χ4v) is 1.73. The van der Waals surface area contributed by atoms with Gasteiger partial charge in [-0.3, -0.25) is 4.79 Å². The van der Waals surface area contributed by atoms with Crippen LogP contribution in [0.25, 0.3) is 0 Å². The zero-order valence-corrected chi connectivity index (χ0v) is 12.3. The fraction of sp³-hybridized carbons (Fsp3) is 0.714. The Bertz CT molecular complexity index is 399. The van der Waals surface area contributed by atoms with Gasteiger partial charge < -0.3 is 14.6 Å². The third-order valence-electron chi connectivity index (χ3n) is 2.70. The van der Waals surface area contributed by atoms with Crippen molar-refractivity contribution in [3.05, 3.63) is 17.0 Å². The van der Waals surface area contributed by atoms with Gasteiger partial charge in [-0.2, -0.15) is 0 Å². The SMILES string of the molecule is CCc1noc(C)c1C(=O)NCCCOCC(C)C. The first-order chi connectivity index (χ1) is 9.06. The molecule has 0 fully saturated rings. The zero-order chi connectivity index (χ0) is 14.3. The Morgan fingerprint density at radius 1 is 1.47 bits per heavy atom. The number of nitrogens with one attached hydrogen (secondary N) is 1. The lowest BCUT2D eigenvalue weighted by Gasteiger charge is -2.07. The van der Waals surface area contributed by atoms with Crippen LogP contribution in [0.4, 0.5) is 0 Å². The van der Waals surface area contributed by atoms with Crippen LogP contribution in [0.3, 0.4) is 0 Å². The van der Waals surface area contributed by atoms with Crippen LogP contribution in [-0.2, 0) is 11.2 Å². The molecule has 1 aromatic rings. The van der Waals surface area contributed by atoms with Crippen LogP contribution >= 0.6 is 0 Å². The Labute approximate surface area is 114 Å². The van der Waals surface area contributed by atoms with Gasteiger partial charge in [0.1, 0.15) is 11.3 Å². The van der Waals surface area contributed by atoms with Gasteiger partial charge in [0, 0.05) is 19.8 Å². The van der Waals surface area contributed by atoms with E-state index in [9.17, 15) is 4.79 Å². The molecule has 1 heterocycles. The summed E-state index contributed by atoms with van der Waals surface area (Å²) in [5.74, 6) is 1.01. The van der Waals surface area contributed by atoms with Gasteiger partial charge in [-0.1, -0.05) is 25.9 Å². The molecule has 0 saturated heterocycles. The minimum absolute atomic E-state index is 0.112. The van der Waals surface area contributed by atoms with Crippen LogP contribution in [0.15, 0.2) is 4.52 Å². The summed E-state index contributed by atoms with van der Waals surface area (Å²) < 4.78 is 10.5. The molecule has 0 aromatic carbocycles. The third kappa shape index (κ3) is 5.03. The molecule has 0 bridgehead atoms. The van der Waals surface area contributed by atoms with Gasteiger partial charge in [-0.25, -0.2) is 0 Å². The molecular formula is C14H24N2O3. The number of hydrogen-bond acceptors (Lipinski definition) is 4. The number of rotatable bonds is 8. The van der Waals surface area contributed by atoms with Crippen molar-refractivity contribution < 1.29 is 14.1 Å². The molecule has 0 unspecified atom stereocenters. The van der Waals surface area contributed by atoms with Gasteiger partial charge in [0.25, 0.3) is 5.91 Å². The van der Waals surface area contributed by atoms with Crippen LogP contribution in [0.2, 0.25) is 0 Å². The van der Waals surface area contributed by atoms with Crippen molar-refractivity contribution in [3.8, 4) is 0 Å². The number of ether oxygens (including phenoxy) is 1. The van der Waals surface area contributed by atoms with Gasteiger partial charge in [0.2, 0.25) is 0 Å². The van der Waals surface area contributed by atoms with E-state index in [2.05, 4.69) is 24.3 Å². The molecule has 0 spiro atoms. The molecule has 0 radical (unpaired) electrons. The van der Waals surface area contributed by atoms with E-state index in [-0.39, 0.29) is 5.91 Å². The van der Waals surface area contributed by atoms with E-state index in [1.807, 2.05) is 6.92 Å². The van der Waals surface area contributed by atoms with Gasteiger partial charge in [-0.05, 0) is 25.7 Å². The summed E-state index contributed by atoms with van der Waals surface area (Å²) in [7, 11) is 0. The molecule has 1 rings (SSSR count). The zero-order valence-electron chi connectivity index (χ0n) is 12.3. The first-order valence-electron chi connectivity index (χ1n) is 6.87. The summed E-state index contributed by atoms with van der Waals surface area (Å²) in [4.78, 5) is 12.0. The third-order valence-corrected chi connectivity index (χ3v) is 2.70. The topological polar surface area (TPSA) is 64.4 Å². The summed E-state index contributed by atoms with van der Waals surface area (Å²) in [6, 6.07) is 0. The number of carbonyl (C=O) groups is 1. The van der Waals surface area contributed by atoms with Gasteiger partial charge >= 0.3 is 0 Å². The molecular weight excluding hydrogens is 244 g/mol. The molecule has 1 aromatic heterocycles. The first-order valence-corrected chi connectivity index (χ1v) is 6.87. The molecule has 5 nitrogen and oxygen atoms in total. The van der Waals surface area contributed by atoms with Crippen LogP contribution < -0.4 is 5.32 Å². The van der Waals surface area contributed by atoms with Crippen molar-refractivity contribution in [3.63, 3.8) is 0 Å². The average Bonchev–Trinajstić information content (AvgIpc) is 2.74. The smallest absolute Gasteiger partial charge is 0.256 e. The number of aromatic nitrogens is 1. The van der Waals surface area contributed by atoms with Crippen molar-refractivity contribution in [1.29, 1.82) is 0 Å². The maximum atomic E-state index is 12.0. The maximum absolute atomic E-state index is 12.0.